The van der Waals surface area contributed by atoms with Gasteiger partial charge in [0, 0.05) is 12.1 Å². The quantitative estimate of drug-likeness (QED) is 0.813. The summed E-state index contributed by atoms with van der Waals surface area (Å²) >= 11 is 6.23. The second kappa shape index (κ2) is 8.19. The number of nitrogens with one attached hydrogen (secondary N) is 1. The number of carbonyl (C=O) groups is 1. The van der Waals surface area contributed by atoms with E-state index in [0.717, 1.165) is 6.42 Å². The molecule has 1 amide bonds. The lowest BCUT2D eigenvalue weighted by Crippen LogP contribution is -2.38. The number of ether oxygens (including phenoxy) is 1. The summed E-state index contributed by atoms with van der Waals surface area (Å²) in [6.45, 7) is 2.70. The molecule has 0 radical (unpaired) electrons. The van der Waals surface area contributed by atoms with Gasteiger partial charge >= 0.3 is 0 Å². The van der Waals surface area contributed by atoms with Crippen molar-refractivity contribution in [1.29, 1.82) is 0 Å². The molecule has 1 aliphatic heterocycles. The molecule has 144 valence electrons. The summed E-state index contributed by atoms with van der Waals surface area (Å²) in [5.74, 6) is 0.289. The van der Waals surface area contributed by atoms with E-state index in [1.807, 2.05) is 13.0 Å². The fraction of sp³-hybridized carbons (Fsp3) is 0.316. The van der Waals surface area contributed by atoms with Crippen LogP contribution < -0.4 is 14.4 Å². The summed E-state index contributed by atoms with van der Waals surface area (Å²) in [5.41, 5.74) is 1.20. The first-order chi connectivity index (χ1) is 12.9. The molecule has 0 spiro atoms. The Balaban J connectivity index is 1.89. The molecular weight excluding hydrogens is 388 g/mol. The third-order valence-corrected chi connectivity index (χ3v) is 6.44. The second-order valence-electron chi connectivity index (χ2n) is 6.14. The van der Waals surface area contributed by atoms with Crippen molar-refractivity contribution in [3.05, 3.63) is 53.1 Å². The van der Waals surface area contributed by atoms with Crippen LogP contribution in [0.1, 0.15) is 30.1 Å². The molecular formula is C19H21ClN2O4S. The first-order valence-electron chi connectivity index (χ1n) is 8.75. The number of carbonyl (C=O) groups excluding carboxylic acids is 1. The number of benzene rings is 2. The van der Waals surface area contributed by atoms with E-state index in [0.29, 0.717) is 47.3 Å². The number of hydrogen-bond acceptors (Lipinski definition) is 4. The number of para-hydroxylation sites is 2. The highest BCUT2D eigenvalue weighted by molar-refractivity contribution is 7.92. The van der Waals surface area contributed by atoms with Gasteiger partial charge in [-0.15, -0.1) is 0 Å². The minimum atomic E-state index is -3.42. The van der Waals surface area contributed by atoms with Gasteiger partial charge in [-0.1, -0.05) is 23.7 Å². The highest BCUT2D eigenvalue weighted by Gasteiger charge is 2.28. The van der Waals surface area contributed by atoms with Gasteiger partial charge in [0.05, 0.1) is 28.8 Å². The summed E-state index contributed by atoms with van der Waals surface area (Å²) in [6, 6.07) is 11.8. The number of halogens is 1. The van der Waals surface area contributed by atoms with Gasteiger partial charge in [-0.25, -0.2) is 8.42 Å². The Bertz CT molecular complexity index is 946. The molecule has 0 aliphatic carbocycles. The van der Waals surface area contributed by atoms with Crippen LogP contribution in [-0.2, 0) is 10.0 Å². The van der Waals surface area contributed by atoms with E-state index < -0.39 is 10.0 Å². The summed E-state index contributed by atoms with van der Waals surface area (Å²) in [7, 11) is -3.42. The number of amides is 1. The summed E-state index contributed by atoms with van der Waals surface area (Å²) in [6.07, 6.45) is 1.39. The Hall–Kier alpha value is -2.25. The average molecular weight is 409 g/mol. The van der Waals surface area contributed by atoms with Crippen molar-refractivity contribution >= 4 is 38.9 Å². The van der Waals surface area contributed by atoms with Gasteiger partial charge in [0.2, 0.25) is 10.0 Å². The van der Waals surface area contributed by atoms with Crippen molar-refractivity contribution in [3.8, 4) is 5.75 Å². The van der Waals surface area contributed by atoms with E-state index in [-0.39, 0.29) is 11.7 Å². The van der Waals surface area contributed by atoms with Crippen LogP contribution in [0.15, 0.2) is 42.5 Å². The SMILES string of the molecule is CCOc1ccccc1NC(=O)c1ccc(Cl)c(N2CCCCS2(=O)=O)c1. The molecule has 6 nitrogen and oxygen atoms in total. The van der Waals surface area contributed by atoms with E-state index in [4.69, 9.17) is 16.3 Å². The van der Waals surface area contributed by atoms with Crippen LogP contribution in [0.4, 0.5) is 11.4 Å². The lowest BCUT2D eigenvalue weighted by molar-refractivity contribution is 0.102. The molecule has 2 aromatic rings. The van der Waals surface area contributed by atoms with Crippen molar-refractivity contribution in [2.45, 2.75) is 19.8 Å². The third kappa shape index (κ3) is 4.36. The van der Waals surface area contributed by atoms with Crippen LogP contribution in [0.3, 0.4) is 0 Å². The molecule has 0 aromatic heterocycles. The Labute approximate surface area is 164 Å². The number of nitrogens with zero attached hydrogens (tertiary/aromatic N) is 1. The van der Waals surface area contributed by atoms with Gasteiger partial charge in [0.1, 0.15) is 5.75 Å². The summed E-state index contributed by atoms with van der Waals surface area (Å²) in [5, 5.41) is 3.10. The highest BCUT2D eigenvalue weighted by Crippen LogP contribution is 2.32. The van der Waals surface area contributed by atoms with Crippen LogP contribution in [0.5, 0.6) is 5.75 Å². The molecule has 1 saturated heterocycles. The molecule has 0 saturated carbocycles. The van der Waals surface area contributed by atoms with Crippen molar-refractivity contribution in [3.63, 3.8) is 0 Å². The maximum absolute atomic E-state index is 12.7. The van der Waals surface area contributed by atoms with E-state index in [1.165, 1.54) is 10.4 Å². The number of rotatable bonds is 5. The monoisotopic (exact) mass is 408 g/mol. The largest absolute Gasteiger partial charge is 0.492 e. The van der Waals surface area contributed by atoms with E-state index in [9.17, 15) is 13.2 Å². The van der Waals surface area contributed by atoms with Crippen molar-refractivity contribution in [1.82, 2.24) is 0 Å². The minimum absolute atomic E-state index is 0.0848. The molecule has 0 unspecified atom stereocenters. The maximum Gasteiger partial charge on any atom is 0.255 e. The molecule has 1 N–H and O–H groups in total. The van der Waals surface area contributed by atoms with Crippen molar-refractivity contribution in [2.75, 3.05) is 28.5 Å². The molecule has 27 heavy (non-hydrogen) atoms. The predicted molar refractivity (Wildman–Crippen MR) is 107 cm³/mol. The Kier molecular flexibility index (Phi) is 5.92. The zero-order valence-corrected chi connectivity index (χ0v) is 16.5. The topological polar surface area (TPSA) is 75.7 Å². The first-order valence-corrected chi connectivity index (χ1v) is 10.7. The van der Waals surface area contributed by atoms with Gasteiger partial charge in [0.25, 0.3) is 5.91 Å². The van der Waals surface area contributed by atoms with E-state index in [1.54, 1.807) is 30.3 Å². The molecule has 8 heteroatoms. The van der Waals surface area contributed by atoms with Crippen LogP contribution in [-0.4, -0.2) is 33.2 Å². The van der Waals surface area contributed by atoms with Crippen LogP contribution >= 0.6 is 11.6 Å². The second-order valence-corrected chi connectivity index (χ2v) is 8.56. The Morgan fingerprint density at radius 3 is 2.74 bits per heavy atom. The zero-order chi connectivity index (χ0) is 19.4. The van der Waals surface area contributed by atoms with E-state index >= 15 is 0 Å². The molecule has 1 fully saturated rings. The number of anilines is 2. The Morgan fingerprint density at radius 1 is 1.22 bits per heavy atom. The van der Waals surface area contributed by atoms with Gasteiger partial charge in [0.15, 0.2) is 0 Å². The minimum Gasteiger partial charge on any atom is -0.492 e. The highest BCUT2D eigenvalue weighted by atomic mass is 35.5. The zero-order valence-electron chi connectivity index (χ0n) is 14.9. The third-order valence-electron chi connectivity index (χ3n) is 4.26. The smallest absolute Gasteiger partial charge is 0.255 e. The normalized spacial score (nSPS) is 16.0. The number of hydrogen-bond donors (Lipinski definition) is 1. The lowest BCUT2D eigenvalue weighted by Gasteiger charge is -2.29. The summed E-state index contributed by atoms with van der Waals surface area (Å²) in [4.78, 5) is 12.7. The van der Waals surface area contributed by atoms with Gasteiger partial charge in [-0.05, 0) is 50.1 Å². The fourth-order valence-electron chi connectivity index (χ4n) is 2.95. The maximum atomic E-state index is 12.7. The van der Waals surface area contributed by atoms with Crippen molar-refractivity contribution < 1.29 is 17.9 Å². The lowest BCUT2D eigenvalue weighted by atomic mass is 10.1. The van der Waals surface area contributed by atoms with Gasteiger partial charge in [-0.3, -0.25) is 9.10 Å². The van der Waals surface area contributed by atoms with Crippen LogP contribution in [0, 0.1) is 0 Å². The molecule has 1 heterocycles. The standard InChI is InChI=1S/C19H21ClN2O4S/c1-2-26-18-8-4-3-7-16(18)21-19(23)14-9-10-15(20)17(13-14)22-11-5-6-12-27(22,24)25/h3-4,7-10,13H,2,5-6,11-12H2,1H3,(H,21,23). The first kappa shape index (κ1) is 19.5. The molecule has 0 atom stereocenters. The fourth-order valence-corrected chi connectivity index (χ4v) is 4.87. The van der Waals surface area contributed by atoms with Crippen LogP contribution in [0.2, 0.25) is 5.02 Å². The van der Waals surface area contributed by atoms with Gasteiger partial charge < -0.3 is 10.1 Å². The molecule has 1 aliphatic rings. The van der Waals surface area contributed by atoms with E-state index in [2.05, 4.69) is 5.32 Å². The van der Waals surface area contributed by atoms with Crippen molar-refractivity contribution in [2.24, 2.45) is 0 Å². The summed E-state index contributed by atoms with van der Waals surface area (Å²) < 4.78 is 31.6. The Morgan fingerprint density at radius 2 is 2.00 bits per heavy atom. The van der Waals surface area contributed by atoms with Crippen LogP contribution in [0.25, 0.3) is 0 Å². The predicted octanol–water partition coefficient (Wildman–Crippen LogP) is 3.92. The molecule has 3 rings (SSSR count). The molecule has 0 bridgehead atoms. The number of sulfonamides is 1. The van der Waals surface area contributed by atoms with Gasteiger partial charge in [-0.2, -0.15) is 0 Å². The molecule has 2 aromatic carbocycles. The average Bonchev–Trinajstić information content (AvgIpc) is 2.64.